The first-order valence-corrected chi connectivity index (χ1v) is 10.7. The Balaban J connectivity index is 1.92. The van der Waals surface area contributed by atoms with E-state index in [1.807, 2.05) is 0 Å². The molecule has 10 nitrogen and oxygen atoms in total. The van der Waals surface area contributed by atoms with Crippen molar-refractivity contribution in [2.45, 2.75) is 23.9 Å². The molecule has 0 fully saturated rings. The summed E-state index contributed by atoms with van der Waals surface area (Å²) in [6.45, 7) is 1.66. The number of rotatable bonds is 6. The third-order valence-corrected chi connectivity index (χ3v) is 5.91. The molecular formula is C19H17F3N4O6S. The van der Waals surface area contributed by atoms with Crippen molar-refractivity contribution in [1.29, 1.82) is 0 Å². The van der Waals surface area contributed by atoms with Crippen LogP contribution in [0.1, 0.15) is 12.5 Å². The Morgan fingerprint density at radius 3 is 2.48 bits per heavy atom. The topological polar surface area (TPSA) is 133 Å². The Kier molecular flexibility index (Phi) is 6.48. The molecule has 2 heterocycles. The summed E-state index contributed by atoms with van der Waals surface area (Å²) < 4.78 is 67.8. The number of aromatic hydroxyl groups is 1. The van der Waals surface area contributed by atoms with E-state index in [2.05, 4.69) is 10.3 Å². The molecule has 0 saturated carbocycles. The number of amides is 1. The SMILES string of the molecule is CCOC(=O)Nc1cnccc1Cn1cc(O)n(-c2ccc(S(=O)(=O)C(F)(F)F)cc2)c1=O. The van der Waals surface area contributed by atoms with E-state index in [0.29, 0.717) is 17.7 Å². The second kappa shape index (κ2) is 8.97. The lowest BCUT2D eigenvalue weighted by atomic mass is 10.2. The zero-order valence-corrected chi connectivity index (χ0v) is 17.7. The zero-order valence-electron chi connectivity index (χ0n) is 16.9. The van der Waals surface area contributed by atoms with Crippen LogP contribution in [-0.2, 0) is 21.1 Å². The lowest BCUT2D eigenvalue weighted by Gasteiger charge is -2.10. The van der Waals surface area contributed by atoms with Gasteiger partial charge < -0.3 is 9.84 Å². The number of anilines is 1. The van der Waals surface area contributed by atoms with Gasteiger partial charge in [0.15, 0.2) is 0 Å². The minimum absolute atomic E-state index is 0.0584. The molecule has 1 amide bonds. The molecule has 33 heavy (non-hydrogen) atoms. The van der Waals surface area contributed by atoms with Gasteiger partial charge in [0.1, 0.15) is 0 Å². The molecule has 2 aromatic heterocycles. The van der Waals surface area contributed by atoms with Crippen molar-refractivity contribution < 1.29 is 36.2 Å². The molecule has 3 aromatic rings. The number of sulfone groups is 1. The first kappa shape index (κ1) is 23.8. The van der Waals surface area contributed by atoms with Gasteiger partial charge in [-0.2, -0.15) is 13.2 Å². The number of halogens is 3. The number of carbonyl (C=O) groups is 1. The Bertz CT molecular complexity index is 1330. The number of carbonyl (C=O) groups excluding carboxylic acids is 1. The molecule has 2 N–H and O–H groups in total. The van der Waals surface area contributed by atoms with E-state index in [9.17, 15) is 36.3 Å². The van der Waals surface area contributed by atoms with Gasteiger partial charge in [-0.1, -0.05) is 0 Å². The highest BCUT2D eigenvalue weighted by Crippen LogP contribution is 2.30. The first-order valence-electron chi connectivity index (χ1n) is 9.25. The van der Waals surface area contributed by atoms with Crippen LogP contribution in [0.5, 0.6) is 5.88 Å². The first-order chi connectivity index (χ1) is 15.5. The lowest BCUT2D eigenvalue weighted by Crippen LogP contribution is -2.25. The van der Waals surface area contributed by atoms with Crippen LogP contribution in [0.25, 0.3) is 5.69 Å². The van der Waals surface area contributed by atoms with Crippen molar-refractivity contribution in [1.82, 2.24) is 14.1 Å². The Morgan fingerprint density at radius 1 is 1.21 bits per heavy atom. The maximum Gasteiger partial charge on any atom is 0.501 e. The molecule has 0 aliphatic rings. The van der Waals surface area contributed by atoms with Gasteiger partial charge in [-0.15, -0.1) is 0 Å². The maximum absolute atomic E-state index is 12.8. The van der Waals surface area contributed by atoms with E-state index in [0.717, 1.165) is 27.5 Å². The van der Waals surface area contributed by atoms with Gasteiger partial charge in [-0.3, -0.25) is 14.9 Å². The fourth-order valence-corrected chi connectivity index (χ4v) is 3.64. The molecule has 0 saturated heterocycles. The highest BCUT2D eigenvalue weighted by molar-refractivity contribution is 7.92. The summed E-state index contributed by atoms with van der Waals surface area (Å²) in [5.74, 6) is -0.541. The predicted octanol–water partition coefficient (Wildman–Crippen LogP) is 2.65. The fourth-order valence-electron chi connectivity index (χ4n) is 2.88. The van der Waals surface area contributed by atoms with Gasteiger partial charge in [-0.05, 0) is 42.8 Å². The van der Waals surface area contributed by atoms with Crippen LogP contribution in [0.3, 0.4) is 0 Å². The summed E-state index contributed by atoms with van der Waals surface area (Å²) in [5, 5.41) is 12.7. The average Bonchev–Trinajstić information content (AvgIpc) is 3.02. The molecule has 3 rings (SSSR count). The predicted molar refractivity (Wildman–Crippen MR) is 109 cm³/mol. The normalized spacial score (nSPS) is 11.9. The zero-order chi connectivity index (χ0) is 24.4. The fraction of sp³-hybridized carbons (Fsp3) is 0.211. The molecule has 0 aliphatic heterocycles. The highest BCUT2D eigenvalue weighted by atomic mass is 32.2. The van der Waals surface area contributed by atoms with Gasteiger partial charge >= 0.3 is 17.3 Å². The summed E-state index contributed by atoms with van der Waals surface area (Å²) in [6.07, 6.45) is 3.12. The molecule has 0 radical (unpaired) electrons. The molecule has 14 heteroatoms. The van der Waals surface area contributed by atoms with Crippen molar-refractivity contribution in [3.8, 4) is 11.6 Å². The van der Waals surface area contributed by atoms with Crippen LogP contribution in [0.15, 0.2) is 58.6 Å². The monoisotopic (exact) mass is 486 g/mol. The smallest absolute Gasteiger partial charge is 0.493 e. The minimum atomic E-state index is -5.56. The third-order valence-electron chi connectivity index (χ3n) is 4.41. The largest absolute Gasteiger partial charge is 0.501 e. The van der Waals surface area contributed by atoms with E-state index < -0.39 is 37.9 Å². The van der Waals surface area contributed by atoms with Crippen LogP contribution in [0.2, 0.25) is 0 Å². The van der Waals surface area contributed by atoms with Crippen molar-refractivity contribution in [3.05, 3.63) is 65.0 Å². The number of benzene rings is 1. The number of alkyl halides is 3. The maximum atomic E-state index is 12.8. The summed E-state index contributed by atoms with van der Waals surface area (Å²) in [6, 6.07) is 4.82. The van der Waals surface area contributed by atoms with Crippen LogP contribution >= 0.6 is 0 Å². The van der Waals surface area contributed by atoms with Crippen LogP contribution in [0, 0.1) is 0 Å². The molecule has 0 bridgehead atoms. The third kappa shape index (κ3) is 4.84. The summed E-state index contributed by atoms with van der Waals surface area (Å²) in [7, 11) is -5.56. The van der Waals surface area contributed by atoms with E-state index in [1.165, 1.54) is 18.5 Å². The Morgan fingerprint density at radius 2 is 1.88 bits per heavy atom. The minimum Gasteiger partial charge on any atom is -0.493 e. The number of aromatic nitrogens is 3. The lowest BCUT2D eigenvalue weighted by molar-refractivity contribution is -0.0436. The average molecular weight is 486 g/mol. The number of hydrogen-bond donors (Lipinski definition) is 2. The van der Waals surface area contributed by atoms with Gasteiger partial charge in [-0.25, -0.2) is 22.6 Å². The van der Waals surface area contributed by atoms with Gasteiger partial charge in [0.05, 0.1) is 41.8 Å². The molecule has 0 unspecified atom stereocenters. The van der Waals surface area contributed by atoms with E-state index >= 15 is 0 Å². The number of nitrogens with zero attached hydrogens (tertiary/aromatic N) is 3. The van der Waals surface area contributed by atoms with Gasteiger partial charge in [0.2, 0.25) is 5.88 Å². The number of imidazole rings is 1. The molecular weight excluding hydrogens is 469 g/mol. The Labute approximate surface area is 184 Å². The van der Waals surface area contributed by atoms with Crippen molar-refractivity contribution in [2.24, 2.45) is 0 Å². The van der Waals surface area contributed by atoms with E-state index in [-0.39, 0.29) is 24.5 Å². The molecule has 0 spiro atoms. The van der Waals surface area contributed by atoms with Crippen molar-refractivity contribution in [3.63, 3.8) is 0 Å². The van der Waals surface area contributed by atoms with Crippen LogP contribution < -0.4 is 11.0 Å². The number of hydrogen-bond acceptors (Lipinski definition) is 7. The number of ether oxygens (including phenoxy) is 1. The van der Waals surface area contributed by atoms with E-state index in [4.69, 9.17) is 4.74 Å². The highest BCUT2D eigenvalue weighted by Gasteiger charge is 2.46. The Hall–Kier alpha value is -3.81. The molecule has 1 aromatic carbocycles. The van der Waals surface area contributed by atoms with Gasteiger partial charge in [0, 0.05) is 6.20 Å². The van der Waals surface area contributed by atoms with Crippen molar-refractivity contribution >= 4 is 21.6 Å². The standard InChI is InChI=1S/C19H17F3N4O6S/c1-2-32-17(28)24-15-9-23-8-7-12(15)10-25-11-16(27)26(18(25)29)13-3-5-14(6-4-13)33(30,31)19(20,21)22/h3-9,11,27H,2,10H2,1H3,(H,24,28). The quantitative estimate of drug-likeness (QED) is 0.547. The second-order valence-corrected chi connectivity index (χ2v) is 8.50. The summed E-state index contributed by atoms with van der Waals surface area (Å²) in [5.41, 5.74) is -5.59. The van der Waals surface area contributed by atoms with Gasteiger partial charge in [0.25, 0.3) is 9.84 Å². The number of pyridine rings is 1. The van der Waals surface area contributed by atoms with Crippen LogP contribution in [0.4, 0.5) is 23.7 Å². The molecule has 0 atom stereocenters. The summed E-state index contributed by atoms with van der Waals surface area (Å²) >= 11 is 0. The van der Waals surface area contributed by atoms with E-state index in [1.54, 1.807) is 6.92 Å². The summed E-state index contributed by atoms with van der Waals surface area (Å²) in [4.78, 5) is 27.4. The molecule has 176 valence electrons. The second-order valence-electron chi connectivity index (χ2n) is 6.55. The van der Waals surface area contributed by atoms with Crippen molar-refractivity contribution in [2.75, 3.05) is 11.9 Å². The van der Waals surface area contributed by atoms with Crippen LogP contribution in [-0.4, -0.2) is 45.9 Å². The molecule has 0 aliphatic carbocycles. The number of nitrogens with one attached hydrogen (secondary N) is 1.